The molecule has 2 aromatic rings. The Balaban J connectivity index is 0. The van der Waals surface area contributed by atoms with Gasteiger partial charge < -0.3 is 40.4 Å². The van der Waals surface area contributed by atoms with Crippen LogP contribution < -0.4 is 11.1 Å². The Morgan fingerprint density at radius 2 is 1.33 bits per heavy atom. The first kappa shape index (κ1) is 35.3. The lowest BCUT2D eigenvalue weighted by atomic mass is 10.1. The van der Waals surface area contributed by atoms with E-state index in [9.17, 15) is 5.11 Å². The van der Waals surface area contributed by atoms with Gasteiger partial charge in [0.15, 0.2) is 0 Å². The molecule has 5 N–H and O–H groups in total. The van der Waals surface area contributed by atoms with E-state index in [0.717, 1.165) is 46.7 Å². The molecule has 0 aromatic heterocycles. The van der Waals surface area contributed by atoms with Crippen molar-refractivity contribution in [3.8, 4) is 11.5 Å². The van der Waals surface area contributed by atoms with Gasteiger partial charge in [-0.15, -0.1) is 0 Å². The van der Waals surface area contributed by atoms with Crippen molar-refractivity contribution >= 4 is 17.7 Å². The minimum atomic E-state index is -0.514. The van der Waals surface area contributed by atoms with Crippen LogP contribution in [0.5, 0.6) is 11.5 Å². The first-order chi connectivity index (χ1) is 16.9. The highest BCUT2D eigenvalue weighted by molar-refractivity contribution is 5.64. The number of aryl methyl sites for hydroxylation is 4. The van der Waals surface area contributed by atoms with Crippen LogP contribution in [0.25, 0.3) is 0 Å². The van der Waals surface area contributed by atoms with Gasteiger partial charge in [0.05, 0.1) is 12.0 Å². The molecule has 2 rings (SSSR count). The zero-order chi connectivity index (χ0) is 28.3. The molecule has 0 radical (unpaired) electrons. The minimum absolute atomic E-state index is 0.312. The normalized spacial score (nSPS) is 10.1. The maximum atomic E-state index is 9.49. The van der Waals surface area contributed by atoms with Crippen molar-refractivity contribution in [3.63, 3.8) is 0 Å². The second-order valence-electron chi connectivity index (χ2n) is 7.94. The topological polar surface area (TPSA) is 122 Å². The summed E-state index contributed by atoms with van der Waals surface area (Å²) in [5.74, 6) is 0.641. The Labute approximate surface area is 217 Å². The third-order valence-corrected chi connectivity index (χ3v) is 4.92. The van der Waals surface area contributed by atoms with Gasteiger partial charge in [0.25, 0.3) is 6.48 Å². The molecule has 0 bridgehead atoms. The van der Waals surface area contributed by atoms with E-state index in [0.29, 0.717) is 11.5 Å². The van der Waals surface area contributed by atoms with Crippen LogP contribution in [0.1, 0.15) is 36.1 Å². The van der Waals surface area contributed by atoms with Crippen LogP contribution in [-0.2, 0) is 14.2 Å². The average Bonchev–Trinajstić information content (AvgIpc) is 2.86. The van der Waals surface area contributed by atoms with Gasteiger partial charge in [-0.1, -0.05) is 6.92 Å². The van der Waals surface area contributed by atoms with Gasteiger partial charge in [-0.25, -0.2) is 4.99 Å². The largest absolute Gasteiger partial charge is 0.508 e. The van der Waals surface area contributed by atoms with Gasteiger partial charge in [0.2, 0.25) is 0 Å². The molecule has 0 amide bonds. The quantitative estimate of drug-likeness (QED) is 0.140. The summed E-state index contributed by atoms with van der Waals surface area (Å²) in [6, 6.07) is 7.08. The number of nitrogen functional groups attached to an aromatic ring is 1. The summed E-state index contributed by atoms with van der Waals surface area (Å²) in [4.78, 5) is 6.37. The number of ether oxygens (including phenoxy) is 3. The first-order valence-electron chi connectivity index (χ1n) is 11.7. The van der Waals surface area contributed by atoms with E-state index in [1.165, 1.54) is 21.3 Å². The Bertz CT molecular complexity index is 829. The van der Waals surface area contributed by atoms with E-state index in [-0.39, 0.29) is 0 Å². The number of methoxy groups -OCH3 is 3. The zero-order valence-electron chi connectivity index (χ0n) is 24.0. The van der Waals surface area contributed by atoms with Gasteiger partial charge in [-0.05, 0) is 94.7 Å². The highest BCUT2D eigenvalue weighted by Gasteiger charge is 2.02. The molecule has 0 saturated carbocycles. The molecule has 9 heteroatoms. The molecule has 0 aliphatic carbocycles. The van der Waals surface area contributed by atoms with E-state index in [4.69, 9.17) is 10.8 Å². The van der Waals surface area contributed by atoms with Gasteiger partial charge in [-0.3, -0.25) is 0 Å². The lowest BCUT2D eigenvalue weighted by molar-refractivity contribution is -0.252. The summed E-state index contributed by atoms with van der Waals surface area (Å²) in [5.41, 5.74) is 10.8. The summed E-state index contributed by atoms with van der Waals surface area (Å²) in [6.45, 7) is 13.1. The molecular weight excluding hydrogens is 460 g/mol. The van der Waals surface area contributed by atoms with Gasteiger partial charge in [0.1, 0.15) is 11.5 Å². The second-order valence-corrected chi connectivity index (χ2v) is 7.94. The molecule has 0 spiro atoms. The molecule has 0 atom stereocenters. The van der Waals surface area contributed by atoms with Gasteiger partial charge in [0, 0.05) is 40.6 Å². The monoisotopic (exact) mass is 508 g/mol. The first-order valence-corrected chi connectivity index (χ1v) is 11.7. The van der Waals surface area contributed by atoms with Crippen LogP contribution in [0.3, 0.4) is 0 Å². The number of phenols is 2. The summed E-state index contributed by atoms with van der Waals surface area (Å²) < 4.78 is 13.8. The number of rotatable bonds is 7. The van der Waals surface area contributed by atoms with Crippen molar-refractivity contribution in [1.29, 1.82) is 0 Å². The second kappa shape index (κ2) is 20.4. The Morgan fingerprint density at radius 1 is 0.889 bits per heavy atom. The molecule has 9 nitrogen and oxygen atoms in total. The van der Waals surface area contributed by atoms with E-state index >= 15 is 0 Å². The molecule has 0 aliphatic heterocycles. The number of anilines is 1. The molecule has 2 aromatic carbocycles. The van der Waals surface area contributed by atoms with Crippen molar-refractivity contribution in [2.24, 2.45) is 4.99 Å². The van der Waals surface area contributed by atoms with Crippen molar-refractivity contribution < 1.29 is 24.4 Å². The molecule has 0 saturated heterocycles. The fourth-order valence-corrected chi connectivity index (χ4v) is 2.28. The Morgan fingerprint density at radius 3 is 1.69 bits per heavy atom. The van der Waals surface area contributed by atoms with Crippen molar-refractivity contribution in [1.82, 2.24) is 10.2 Å². The molecule has 36 heavy (non-hydrogen) atoms. The molecular formula is C27H48N4O5. The van der Waals surface area contributed by atoms with Crippen LogP contribution in [0.2, 0.25) is 0 Å². The fraction of sp³-hybridized carbons (Fsp3) is 0.519. The van der Waals surface area contributed by atoms with E-state index in [1.807, 2.05) is 52.8 Å². The minimum Gasteiger partial charge on any atom is -0.508 e. The third kappa shape index (κ3) is 15.2. The van der Waals surface area contributed by atoms with Crippen LogP contribution in [0.15, 0.2) is 29.3 Å². The van der Waals surface area contributed by atoms with Crippen molar-refractivity contribution in [2.45, 2.75) is 48.0 Å². The van der Waals surface area contributed by atoms with Crippen LogP contribution in [0.4, 0.5) is 11.4 Å². The van der Waals surface area contributed by atoms with Crippen molar-refractivity contribution in [3.05, 3.63) is 46.5 Å². The fourth-order valence-electron chi connectivity index (χ4n) is 2.28. The standard InChI is InChI=1S/C12H18N2O.C8H11NO.C4H10O3.C3H9N/c1-5-14(4)8-13-11-6-10(3)12(15)7-9(11)2;1-5-4-8(10)6(2)3-7(5)9;1-5-4(6-2)7-3;1-3-4-2/h6-8,15H,5H2,1-4H3;3-4,10H,9H2,1-2H3;4H,1-3H3;4H,3H2,1-2H3. The Hall–Kier alpha value is -2.85. The molecule has 0 aliphatic rings. The molecule has 0 heterocycles. The molecule has 206 valence electrons. The van der Waals surface area contributed by atoms with Gasteiger partial charge in [-0.2, -0.15) is 0 Å². The lowest BCUT2D eigenvalue weighted by Gasteiger charge is -2.09. The SMILES string of the molecule is CCN(C)C=Nc1cc(C)c(O)cc1C.CCNC.COC(OC)OC.Cc1cc(O)c(C)cc1N. The predicted molar refractivity (Wildman–Crippen MR) is 150 cm³/mol. The maximum absolute atomic E-state index is 9.49. The van der Waals surface area contributed by atoms with E-state index < -0.39 is 6.48 Å². The highest BCUT2D eigenvalue weighted by Crippen LogP contribution is 2.26. The van der Waals surface area contributed by atoms with Crippen LogP contribution >= 0.6 is 0 Å². The number of nitrogens with two attached hydrogens (primary N) is 1. The zero-order valence-corrected chi connectivity index (χ0v) is 24.0. The third-order valence-electron chi connectivity index (χ3n) is 4.92. The summed E-state index contributed by atoms with van der Waals surface area (Å²) in [6.07, 6.45) is 1.80. The number of phenolic OH excluding ortho intramolecular Hbond substituents is 2. The number of aromatic hydroxyl groups is 2. The smallest absolute Gasteiger partial charge is 0.270 e. The highest BCUT2D eigenvalue weighted by atomic mass is 16.8. The van der Waals surface area contributed by atoms with Gasteiger partial charge >= 0.3 is 0 Å². The summed E-state index contributed by atoms with van der Waals surface area (Å²) in [5, 5.41) is 21.6. The molecule has 0 unspecified atom stereocenters. The molecule has 0 fully saturated rings. The van der Waals surface area contributed by atoms with E-state index in [1.54, 1.807) is 24.5 Å². The summed E-state index contributed by atoms with van der Waals surface area (Å²) in [7, 11) is 8.44. The van der Waals surface area contributed by atoms with Crippen molar-refractivity contribution in [2.75, 3.05) is 54.2 Å². The number of aliphatic imine (C=N–C) groups is 1. The Kier molecular flexibility index (Phi) is 20.0. The number of hydrogen-bond donors (Lipinski definition) is 4. The average molecular weight is 509 g/mol. The predicted octanol–water partition coefficient (Wildman–Crippen LogP) is 4.65. The van der Waals surface area contributed by atoms with E-state index in [2.05, 4.69) is 38.4 Å². The summed E-state index contributed by atoms with van der Waals surface area (Å²) >= 11 is 0. The van der Waals surface area contributed by atoms with Crippen LogP contribution in [-0.4, -0.2) is 76.4 Å². The number of hydrogen-bond acceptors (Lipinski definition) is 8. The maximum Gasteiger partial charge on any atom is 0.270 e. The lowest BCUT2D eigenvalue weighted by Crippen LogP contribution is -2.14. The number of nitrogens with one attached hydrogen (secondary N) is 1. The van der Waals surface area contributed by atoms with Crippen LogP contribution in [0, 0.1) is 27.7 Å². The number of nitrogens with zero attached hydrogens (tertiary/aromatic N) is 2. The number of benzene rings is 2.